The summed E-state index contributed by atoms with van der Waals surface area (Å²) in [5.41, 5.74) is 4.53. The van der Waals surface area contributed by atoms with Crippen LogP contribution in [0.4, 0.5) is 13.2 Å². The van der Waals surface area contributed by atoms with Crippen LogP contribution in [0.25, 0.3) is 0 Å². The van der Waals surface area contributed by atoms with Gasteiger partial charge in [0.2, 0.25) is 0 Å². The molecule has 0 rings (SSSR count). The predicted octanol–water partition coefficient (Wildman–Crippen LogP) is 1.71. The number of nitrogens with two attached hydrogens (primary N) is 1. The Morgan fingerprint density at radius 2 is 1.50 bits per heavy atom. The minimum atomic E-state index is -5.23. The summed E-state index contributed by atoms with van der Waals surface area (Å²) in [4.78, 5) is 21.7. The molecule has 0 unspecified atom stereocenters. The van der Waals surface area contributed by atoms with Gasteiger partial charge in [-0.05, 0) is 0 Å². The number of carbonyl (C=O) groups excluding carboxylic acids is 2. The van der Waals surface area contributed by atoms with Crippen molar-refractivity contribution >= 4 is 27.9 Å². The van der Waals surface area contributed by atoms with E-state index in [0.717, 1.165) is 0 Å². The highest BCUT2D eigenvalue weighted by molar-refractivity contribution is 9.10. The second-order valence-electron chi connectivity index (χ2n) is 4.14. The van der Waals surface area contributed by atoms with Crippen LogP contribution in [0.15, 0.2) is 0 Å². The maximum atomic E-state index is 11.8. The number of alkyl halides is 4. The molecule has 0 saturated heterocycles. The van der Waals surface area contributed by atoms with Gasteiger partial charge >= 0.3 is 18.1 Å². The highest BCUT2D eigenvalue weighted by Gasteiger charge is 2.49. The van der Waals surface area contributed by atoms with Gasteiger partial charge in [0.05, 0.1) is 0 Å². The van der Waals surface area contributed by atoms with Gasteiger partial charge in [-0.3, -0.25) is 0 Å². The van der Waals surface area contributed by atoms with Crippen LogP contribution in [0.1, 0.15) is 20.8 Å². The maximum absolute atomic E-state index is 11.8. The summed E-state index contributed by atoms with van der Waals surface area (Å²) >= 11 is 2.75. The van der Waals surface area contributed by atoms with Gasteiger partial charge in [0.1, 0.15) is 0 Å². The first kappa shape index (κ1) is 15.4. The summed E-state index contributed by atoms with van der Waals surface area (Å²) in [5.74, 6) is -4.07. The molecule has 0 aliphatic carbocycles. The second-order valence-corrected chi connectivity index (χ2v) is 5.39. The number of hydrogen-bond donors (Lipinski definition) is 1. The molecular weight excluding hydrogens is 295 g/mol. The molecule has 94 valence electrons. The van der Waals surface area contributed by atoms with Crippen molar-refractivity contribution in [3.8, 4) is 0 Å². The first-order valence-corrected chi connectivity index (χ1v) is 4.90. The van der Waals surface area contributed by atoms with Crippen molar-refractivity contribution in [2.45, 2.75) is 31.4 Å². The summed E-state index contributed by atoms with van der Waals surface area (Å²) in [6.45, 7) is 4.50. The monoisotopic (exact) mass is 305 g/mol. The van der Waals surface area contributed by atoms with Crippen LogP contribution in [0.2, 0.25) is 0 Å². The van der Waals surface area contributed by atoms with Crippen molar-refractivity contribution in [2.24, 2.45) is 11.1 Å². The molecule has 0 amide bonds. The number of rotatable bonds is 1. The second kappa shape index (κ2) is 4.33. The Balaban J connectivity index is 4.80. The van der Waals surface area contributed by atoms with Crippen LogP contribution in [0.3, 0.4) is 0 Å². The van der Waals surface area contributed by atoms with E-state index in [9.17, 15) is 22.8 Å². The number of carbonyl (C=O) groups is 2. The maximum Gasteiger partial charge on any atom is 0.491 e. The average molecular weight is 306 g/mol. The van der Waals surface area contributed by atoms with Crippen LogP contribution in [0.5, 0.6) is 0 Å². The third-order valence-electron chi connectivity index (χ3n) is 1.81. The molecule has 0 heterocycles. The lowest BCUT2D eigenvalue weighted by Crippen LogP contribution is -2.54. The van der Waals surface area contributed by atoms with E-state index >= 15 is 0 Å². The van der Waals surface area contributed by atoms with E-state index < -0.39 is 28.0 Å². The van der Waals surface area contributed by atoms with E-state index in [4.69, 9.17) is 5.73 Å². The Morgan fingerprint density at radius 3 is 1.75 bits per heavy atom. The summed E-state index contributed by atoms with van der Waals surface area (Å²) < 4.78 is 37.2. The Morgan fingerprint density at radius 1 is 1.12 bits per heavy atom. The standard InChI is InChI=1S/C8H11BrF3NO3/c1-6(2,3)7(9,13)4(14)16-5(15)8(10,11)12/h13H2,1-3H3/t7-/m1/s1. The SMILES string of the molecule is CC(C)(C)[C@@](N)(Br)C(=O)OC(=O)C(F)(F)F. The molecule has 0 aliphatic heterocycles. The van der Waals surface area contributed by atoms with E-state index in [2.05, 4.69) is 20.7 Å². The van der Waals surface area contributed by atoms with Gasteiger partial charge in [-0.1, -0.05) is 36.7 Å². The van der Waals surface area contributed by atoms with E-state index in [1.54, 1.807) is 0 Å². The fourth-order valence-corrected chi connectivity index (χ4v) is 0.603. The topological polar surface area (TPSA) is 69.4 Å². The molecular formula is C8H11BrF3NO3. The fourth-order valence-electron chi connectivity index (χ4n) is 0.523. The summed E-state index contributed by atoms with van der Waals surface area (Å²) in [5, 5.41) is 0. The van der Waals surface area contributed by atoms with Gasteiger partial charge in [0.15, 0.2) is 4.45 Å². The molecule has 0 aromatic heterocycles. The van der Waals surface area contributed by atoms with Gasteiger partial charge in [-0.15, -0.1) is 0 Å². The van der Waals surface area contributed by atoms with Gasteiger partial charge in [0.25, 0.3) is 0 Å². The highest BCUT2D eigenvalue weighted by Crippen LogP contribution is 2.35. The lowest BCUT2D eigenvalue weighted by Gasteiger charge is -2.33. The normalized spacial score (nSPS) is 16.5. The zero-order valence-corrected chi connectivity index (χ0v) is 10.4. The van der Waals surface area contributed by atoms with Crippen LogP contribution in [-0.2, 0) is 14.3 Å². The van der Waals surface area contributed by atoms with Crippen LogP contribution < -0.4 is 5.73 Å². The Bertz CT molecular complexity index is 307. The zero-order valence-electron chi connectivity index (χ0n) is 8.81. The first-order chi connectivity index (χ1) is 6.80. The average Bonchev–Trinajstić information content (AvgIpc) is 1.99. The zero-order chi connectivity index (χ0) is 13.4. The van der Waals surface area contributed by atoms with Crippen molar-refractivity contribution in [3.05, 3.63) is 0 Å². The van der Waals surface area contributed by atoms with Crippen molar-refractivity contribution in [3.63, 3.8) is 0 Å². The minimum Gasteiger partial charge on any atom is -0.384 e. The molecule has 4 nitrogen and oxygen atoms in total. The van der Waals surface area contributed by atoms with Crippen molar-refractivity contribution in [1.29, 1.82) is 0 Å². The van der Waals surface area contributed by atoms with Gasteiger partial charge < -0.3 is 10.5 Å². The quantitative estimate of drug-likeness (QED) is 0.346. The molecule has 16 heavy (non-hydrogen) atoms. The van der Waals surface area contributed by atoms with Crippen molar-refractivity contribution < 1.29 is 27.5 Å². The van der Waals surface area contributed by atoms with Crippen molar-refractivity contribution in [1.82, 2.24) is 0 Å². The van der Waals surface area contributed by atoms with E-state index in [-0.39, 0.29) is 0 Å². The minimum absolute atomic E-state index is 0.921. The molecule has 2 N–H and O–H groups in total. The first-order valence-electron chi connectivity index (χ1n) is 4.11. The van der Waals surface area contributed by atoms with E-state index in [1.807, 2.05) is 0 Å². The van der Waals surface area contributed by atoms with Gasteiger partial charge in [-0.2, -0.15) is 13.2 Å². The summed E-state index contributed by atoms with van der Waals surface area (Å²) in [6, 6.07) is 0. The summed E-state index contributed by atoms with van der Waals surface area (Å²) in [6.07, 6.45) is -5.23. The molecule has 0 fully saturated rings. The Hall–Kier alpha value is -0.630. The lowest BCUT2D eigenvalue weighted by atomic mass is 9.87. The molecule has 0 aromatic carbocycles. The Kier molecular flexibility index (Phi) is 4.15. The summed E-state index contributed by atoms with van der Waals surface area (Å²) in [7, 11) is 0. The number of ether oxygens (including phenoxy) is 1. The molecule has 1 atom stereocenters. The molecule has 0 aliphatic rings. The number of hydrogen-bond acceptors (Lipinski definition) is 4. The molecule has 0 radical (unpaired) electrons. The van der Waals surface area contributed by atoms with Crippen molar-refractivity contribution in [2.75, 3.05) is 0 Å². The lowest BCUT2D eigenvalue weighted by molar-refractivity contribution is -0.203. The van der Waals surface area contributed by atoms with Crippen LogP contribution in [0, 0.1) is 5.41 Å². The smallest absolute Gasteiger partial charge is 0.384 e. The molecule has 0 bridgehead atoms. The Labute approximate surface area is 98.4 Å². The largest absolute Gasteiger partial charge is 0.491 e. The molecule has 0 saturated carbocycles. The van der Waals surface area contributed by atoms with E-state index in [0.29, 0.717) is 0 Å². The predicted molar refractivity (Wildman–Crippen MR) is 52.5 cm³/mol. The van der Waals surface area contributed by atoms with Gasteiger partial charge in [0, 0.05) is 5.41 Å². The number of esters is 2. The van der Waals surface area contributed by atoms with E-state index in [1.165, 1.54) is 20.8 Å². The highest BCUT2D eigenvalue weighted by atomic mass is 79.9. The molecule has 8 heteroatoms. The van der Waals surface area contributed by atoms with Gasteiger partial charge in [-0.25, -0.2) is 9.59 Å². The third-order valence-corrected chi connectivity index (χ3v) is 3.32. The molecule has 0 aromatic rings. The number of halogens is 4. The van der Waals surface area contributed by atoms with Crippen LogP contribution in [-0.4, -0.2) is 22.6 Å². The third kappa shape index (κ3) is 3.44. The van der Waals surface area contributed by atoms with Crippen LogP contribution >= 0.6 is 15.9 Å². The fraction of sp³-hybridized carbons (Fsp3) is 0.750. The molecule has 0 spiro atoms.